The van der Waals surface area contributed by atoms with Gasteiger partial charge in [0, 0.05) is 32.2 Å². The fourth-order valence-corrected chi connectivity index (χ4v) is 3.91. The first-order chi connectivity index (χ1) is 11.0. The van der Waals surface area contributed by atoms with E-state index in [1.165, 1.54) is 18.9 Å². The Kier molecular flexibility index (Phi) is 8.81. The average molecular weight is 401 g/mol. The van der Waals surface area contributed by atoms with Gasteiger partial charge in [-0.2, -0.15) is 0 Å². The van der Waals surface area contributed by atoms with E-state index in [0.717, 1.165) is 44.6 Å². The zero-order valence-corrected chi connectivity index (χ0v) is 15.6. The fourth-order valence-electron chi connectivity index (χ4n) is 3.91. The van der Waals surface area contributed by atoms with E-state index in [-0.39, 0.29) is 36.6 Å². The first-order valence-corrected chi connectivity index (χ1v) is 8.33. The van der Waals surface area contributed by atoms with Crippen LogP contribution in [0.4, 0.5) is 13.2 Å². The molecule has 144 valence electrons. The molecule has 3 rings (SSSR count). The number of nitrogens with one attached hydrogen (secondary N) is 1. The summed E-state index contributed by atoms with van der Waals surface area (Å²) in [6.45, 7) is 3.74. The number of hydrogen-bond acceptors (Lipinski definition) is 3. The molecule has 1 aromatic carbocycles. The van der Waals surface area contributed by atoms with E-state index in [2.05, 4.69) is 15.0 Å². The van der Waals surface area contributed by atoms with E-state index in [0.29, 0.717) is 5.92 Å². The van der Waals surface area contributed by atoms with E-state index < -0.39 is 6.36 Å². The summed E-state index contributed by atoms with van der Waals surface area (Å²) < 4.78 is 41.6. The smallest absolute Gasteiger partial charge is 0.406 e. The predicted octanol–water partition coefficient (Wildman–Crippen LogP) is 4.57. The highest BCUT2D eigenvalue weighted by Crippen LogP contribution is 2.40. The van der Waals surface area contributed by atoms with Crippen molar-refractivity contribution < 1.29 is 17.9 Å². The molecule has 1 saturated carbocycles. The normalized spacial score (nSPS) is 20.4. The number of hydrogen-bond donors (Lipinski definition) is 1. The molecular weight excluding hydrogens is 376 g/mol. The molecule has 1 heterocycles. The van der Waals surface area contributed by atoms with Crippen molar-refractivity contribution in [1.29, 1.82) is 0 Å². The van der Waals surface area contributed by atoms with Crippen molar-refractivity contribution in [1.82, 2.24) is 10.2 Å². The summed E-state index contributed by atoms with van der Waals surface area (Å²) in [6.07, 6.45) is 0.0897. The lowest BCUT2D eigenvalue weighted by molar-refractivity contribution is -0.274. The van der Waals surface area contributed by atoms with Gasteiger partial charge >= 0.3 is 6.36 Å². The van der Waals surface area contributed by atoms with Crippen molar-refractivity contribution in [2.45, 2.75) is 38.1 Å². The van der Waals surface area contributed by atoms with Crippen LogP contribution in [0.3, 0.4) is 0 Å². The summed E-state index contributed by atoms with van der Waals surface area (Å²) >= 11 is 0. The largest absolute Gasteiger partial charge is 0.573 e. The van der Waals surface area contributed by atoms with Crippen molar-refractivity contribution in [3.8, 4) is 5.75 Å². The fraction of sp³-hybridized carbons (Fsp3) is 0.647. The predicted molar refractivity (Wildman–Crippen MR) is 96.8 cm³/mol. The van der Waals surface area contributed by atoms with Crippen LogP contribution in [-0.4, -0.2) is 37.4 Å². The standard InChI is InChI=1S/C17H23F3N2O.2ClH/c18-17(19,20)23-15-7-3-6-14(12-15)16(13-4-1-2-5-13)22-10-8-21-9-11-22;;/h3,6-7,12-13,16,21H,1-2,4-5,8-11H2;2*1H/t16-;;/m1../s1. The molecule has 8 heteroatoms. The third-order valence-corrected chi connectivity index (χ3v) is 4.82. The Bertz CT molecular complexity index is 519. The number of halogens is 5. The molecule has 3 nitrogen and oxygen atoms in total. The quantitative estimate of drug-likeness (QED) is 0.801. The number of benzene rings is 1. The highest BCUT2D eigenvalue weighted by molar-refractivity contribution is 5.85. The van der Waals surface area contributed by atoms with Crippen LogP contribution in [-0.2, 0) is 0 Å². The molecule has 25 heavy (non-hydrogen) atoms. The number of ether oxygens (including phenoxy) is 1. The van der Waals surface area contributed by atoms with Crippen LogP contribution in [0.2, 0.25) is 0 Å². The highest BCUT2D eigenvalue weighted by Gasteiger charge is 2.34. The van der Waals surface area contributed by atoms with Crippen molar-refractivity contribution in [3.05, 3.63) is 29.8 Å². The van der Waals surface area contributed by atoms with Gasteiger partial charge in [-0.25, -0.2) is 0 Å². The molecule has 0 spiro atoms. The molecule has 1 aliphatic carbocycles. The van der Waals surface area contributed by atoms with E-state index in [1.807, 2.05) is 6.07 Å². The SMILES string of the molecule is Cl.Cl.FC(F)(F)Oc1cccc([C@@H](C2CCCC2)N2CCNCC2)c1. The Hall–Kier alpha value is -0.690. The maximum Gasteiger partial charge on any atom is 0.573 e. The van der Waals surface area contributed by atoms with Crippen molar-refractivity contribution >= 4 is 24.8 Å². The molecule has 0 radical (unpaired) electrons. The van der Waals surface area contributed by atoms with Crippen molar-refractivity contribution in [2.75, 3.05) is 26.2 Å². The van der Waals surface area contributed by atoms with Gasteiger partial charge < -0.3 is 10.1 Å². The van der Waals surface area contributed by atoms with Crippen LogP contribution in [0.15, 0.2) is 24.3 Å². The van der Waals surface area contributed by atoms with E-state index in [1.54, 1.807) is 12.1 Å². The van der Waals surface area contributed by atoms with Crippen LogP contribution in [0.1, 0.15) is 37.3 Å². The minimum absolute atomic E-state index is 0. The average Bonchev–Trinajstić information content (AvgIpc) is 3.01. The van der Waals surface area contributed by atoms with Gasteiger partial charge in [0.05, 0.1) is 0 Å². The van der Waals surface area contributed by atoms with Gasteiger partial charge in [-0.1, -0.05) is 25.0 Å². The molecule has 2 fully saturated rings. The second kappa shape index (κ2) is 9.86. The topological polar surface area (TPSA) is 24.5 Å². The lowest BCUT2D eigenvalue weighted by Crippen LogP contribution is -2.46. The molecule has 0 unspecified atom stereocenters. The van der Waals surface area contributed by atoms with Crippen molar-refractivity contribution in [3.63, 3.8) is 0 Å². The molecule has 0 amide bonds. The Labute approximate surface area is 159 Å². The molecule has 1 aliphatic heterocycles. The second-order valence-corrected chi connectivity index (χ2v) is 6.40. The number of nitrogens with zero attached hydrogens (tertiary/aromatic N) is 1. The molecule has 0 bridgehead atoms. The number of rotatable bonds is 4. The third-order valence-electron chi connectivity index (χ3n) is 4.82. The Morgan fingerprint density at radius 2 is 1.72 bits per heavy atom. The zero-order valence-electron chi connectivity index (χ0n) is 13.9. The summed E-state index contributed by atoms with van der Waals surface area (Å²) in [5.41, 5.74) is 0.945. The highest BCUT2D eigenvalue weighted by atomic mass is 35.5. The lowest BCUT2D eigenvalue weighted by atomic mass is 9.89. The first kappa shape index (κ1) is 22.4. The molecule has 1 atom stereocenters. The molecule has 0 aromatic heterocycles. The minimum atomic E-state index is -4.64. The summed E-state index contributed by atoms with van der Waals surface area (Å²) in [7, 11) is 0. The van der Waals surface area contributed by atoms with Gasteiger partial charge in [0.2, 0.25) is 0 Å². The van der Waals surface area contributed by atoms with Crippen LogP contribution < -0.4 is 10.1 Å². The van der Waals surface area contributed by atoms with Crippen LogP contribution in [0, 0.1) is 5.92 Å². The van der Waals surface area contributed by atoms with Gasteiger partial charge in [0.25, 0.3) is 0 Å². The minimum Gasteiger partial charge on any atom is -0.406 e. The second-order valence-electron chi connectivity index (χ2n) is 6.40. The number of piperazine rings is 1. The zero-order chi connectivity index (χ0) is 16.3. The summed E-state index contributed by atoms with van der Waals surface area (Å²) in [5.74, 6) is 0.405. The molecule has 2 aliphatic rings. The number of alkyl halides is 3. The summed E-state index contributed by atoms with van der Waals surface area (Å²) in [5, 5.41) is 3.34. The lowest BCUT2D eigenvalue weighted by Gasteiger charge is -2.38. The van der Waals surface area contributed by atoms with E-state index in [9.17, 15) is 13.2 Å². The maximum atomic E-state index is 12.5. The van der Waals surface area contributed by atoms with Gasteiger partial charge in [-0.15, -0.1) is 38.0 Å². The molecule has 1 N–H and O–H groups in total. The van der Waals surface area contributed by atoms with Crippen LogP contribution in [0.25, 0.3) is 0 Å². The Balaban J connectivity index is 0.00000156. The molecular formula is C17H25Cl2F3N2O. The molecule has 1 aromatic rings. The van der Waals surface area contributed by atoms with E-state index in [4.69, 9.17) is 0 Å². The van der Waals surface area contributed by atoms with Crippen LogP contribution >= 0.6 is 24.8 Å². The van der Waals surface area contributed by atoms with Gasteiger partial charge in [-0.3, -0.25) is 4.90 Å². The summed E-state index contributed by atoms with van der Waals surface area (Å²) in [6, 6.07) is 6.74. The van der Waals surface area contributed by atoms with Gasteiger partial charge in [-0.05, 0) is 36.5 Å². The van der Waals surface area contributed by atoms with E-state index >= 15 is 0 Å². The van der Waals surface area contributed by atoms with Gasteiger partial charge in [0.1, 0.15) is 5.75 Å². The van der Waals surface area contributed by atoms with Crippen LogP contribution in [0.5, 0.6) is 5.75 Å². The third kappa shape index (κ3) is 6.20. The monoisotopic (exact) mass is 400 g/mol. The maximum absolute atomic E-state index is 12.5. The summed E-state index contributed by atoms with van der Waals surface area (Å²) in [4.78, 5) is 2.42. The Morgan fingerprint density at radius 1 is 1.08 bits per heavy atom. The van der Waals surface area contributed by atoms with Crippen molar-refractivity contribution in [2.24, 2.45) is 5.92 Å². The van der Waals surface area contributed by atoms with Gasteiger partial charge in [0.15, 0.2) is 0 Å². The molecule has 1 saturated heterocycles. The first-order valence-electron chi connectivity index (χ1n) is 8.33. The Morgan fingerprint density at radius 3 is 2.32 bits per heavy atom.